The van der Waals surface area contributed by atoms with E-state index in [0.717, 1.165) is 12.0 Å². The zero-order chi connectivity index (χ0) is 27.1. The van der Waals surface area contributed by atoms with Crippen molar-refractivity contribution in [2.75, 3.05) is 47.5 Å². The topological polar surface area (TPSA) is 88.5 Å². The normalized spacial score (nSPS) is 16.8. The number of ether oxygens (including phenoxy) is 3. The molecular formula is C29H36N2O6. The van der Waals surface area contributed by atoms with E-state index in [-0.39, 0.29) is 11.3 Å². The van der Waals surface area contributed by atoms with Gasteiger partial charge in [-0.25, -0.2) is 0 Å². The number of aryl methyl sites for hydroxylation is 1. The molecule has 1 saturated heterocycles. The summed E-state index contributed by atoms with van der Waals surface area (Å²) >= 11 is 0. The van der Waals surface area contributed by atoms with E-state index in [1.165, 1.54) is 12.0 Å². The molecule has 1 N–H and O–H groups in total. The van der Waals surface area contributed by atoms with Crippen LogP contribution in [0.3, 0.4) is 0 Å². The Morgan fingerprint density at radius 1 is 1.14 bits per heavy atom. The van der Waals surface area contributed by atoms with E-state index in [2.05, 4.69) is 6.58 Å². The molecule has 8 nitrogen and oxygen atoms in total. The van der Waals surface area contributed by atoms with Gasteiger partial charge >= 0.3 is 0 Å². The molecule has 0 aliphatic carbocycles. The van der Waals surface area contributed by atoms with Crippen molar-refractivity contribution in [3.63, 3.8) is 0 Å². The first kappa shape index (κ1) is 27.8. The molecule has 37 heavy (non-hydrogen) atoms. The van der Waals surface area contributed by atoms with E-state index in [9.17, 15) is 14.7 Å². The van der Waals surface area contributed by atoms with Gasteiger partial charge in [0.15, 0.2) is 11.5 Å². The Hall–Kier alpha value is -3.78. The van der Waals surface area contributed by atoms with Crippen LogP contribution in [0.15, 0.2) is 54.6 Å². The summed E-state index contributed by atoms with van der Waals surface area (Å²) in [4.78, 5) is 30.0. The van der Waals surface area contributed by atoms with Gasteiger partial charge in [0.05, 0.1) is 25.3 Å². The van der Waals surface area contributed by atoms with Crippen LogP contribution in [0, 0.1) is 6.92 Å². The molecule has 1 atom stereocenters. The fourth-order valence-corrected chi connectivity index (χ4v) is 4.24. The number of amides is 1. The van der Waals surface area contributed by atoms with Gasteiger partial charge < -0.3 is 29.1 Å². The molecule has 0 bridgehead atoms. The van der Waals surface area contributed by atoms with Crippen LogP contribution in [-0.2, 0) is 9.59 Å². The number of hydrogen-bond acceptors (Lipinski definition) is 7. The number of rotatable bonds is 12. The van der Waals surface area contributed by atoms with Gasteiger partial charge in [0.1, 0.15) is 18.1 Å². The maximum atomic E-state index is 13.3. The van der Waals surface area contributed by atoms with E-state index in [1.807, 2.05) is 38.9 Å². The van der Waals surface area contributed by atoms with Crippen molar-refractivity contribution in [2.24, 2.45) is 0 Å². The van der Waals surface area contributed by atoms with Gasteiger partial charge in [0, 0.05) is 18.7 Å². The van der Waals surface area contributed by atoms with Crippen LogP contribution in [0.5, 0.6) is 17.2 Å². The number of nitrogens with zero attached hydrogens (tertiary/aromatic N) is 2. The predicted octanol–water partition coefficient (Wildman–Crippen LogP) is 4.34. The van der Waals surface area contributed by atoms with Gasteiger partial charge in [0.2, 0.25) is 0 Å². The largest absolute Gasteiger partial charge is 0.507 e. The van der Waals surface area contributed by atoms with Crippen LogP contribution in [-0.4, -0.2) is 74.1 Å². The van der Waals surface area contributed by atoms with Crippen molar-refractivity contribution in [1.82, 2.24) is 9.80 Å². The molecule has 0 radical (unpaired) electrons. The SMILES string of the molecule is C=CCOc1ccc(C2/C(=C(\O)c3ccc(OCCC)cc3C)C(=O)C(=O)N2CCN(C)C)cc1OC. The first-order valence-electron chi connectivity index (χ1n) is 12.3. The second-order valence-corrected chi connectivity index (χ2v) is 9.13. The minimum atomic E-state index is -0.794. The highest BCUT2D eigenvalue weighted by Crippen LogP contribution is 2.42. The molecule has 198 valence electrons. The Bertz CT molecular complexity index is 1190. The maximum Gasteiger partial charge on any atom is 0.295 e. The second-order valence-electron chi connectivity index (χ2n) is 9.13. The van der Waals surface area contributed by atoms with Crippen LogP contribution < -0.4 is 14.2 Å². The summed E-state index contributed by atoms with van der Waals surface area (Å²) in [5.41, 5.74) is 1.87. The molecule has 8 heteroatoms. The lowest BCUT2D eigenvalue weighted by molar-refractivity contribution is -0.140. The fourth-order valence-electron chi connectivity index (χ4n) is 4.24. The third kappa shape index (κ3) is 6.14. The molecule has 1 amide bonds. The summed E-state index contributed by atoms with van der Waals surface area (Å²) in [5.74, 6) is 0.0406. The molecule has 1 unspecified atom stereocenters. The van der Waals surface area contributed by atoms with Gasteiger partial charge in [-0.3, -0.25) is 9.59 Å². The molecule has 1 aliphatic heterocycles. The minimum Gasteiger partial charge on any atom is -0.507 e. The number of carbonyl (C=O) groups is 2. The molecular weight excluding hydrogens is 472 g/mol. The number of aliphatic hydroxyl groups is 1. The van der Waals surface area contributed by atoms with Crippen molar-refractivity contribution < 1.29 is 28.9 Å². The van der Waals surface area contributed by atoms with Crippen molar-refractivity contribution in [1.29, 1.82) is 0 Å². The fraction of sp³-hybridized carbons (Fsp3) is 0.379. The quantitative estimate of drug-likeness (QED) is 0.197. The van der Waals surface area contributed by atoms with Gasteiger partial charge in [-0.05, 0) is 68.9 Å². The zero-order valence-corrected chi connectivity index (χ0v) is 22.2. The molecule has 1 aliphatic rings. The maximum absolute atomic E-state index is 13.3. The molecule has 3 rings (SSSR count). The highest BCUT2D eigenvalue weighted by atomic mass is 16.5. The van der Waals surface area contributed by atoms with E-state index >= 15 is 0 Å². The minimum absolute atomic E-state index is 0.0379. The average molecular weight is 509 g/mol. The average Bonchev–Trinajstić information content (AvgIpc) is 3.14. The Labute approximate surface area is 218 Å². The Kier molecular flexibility index (Phi) is 9.36. The van der Waals surface area contributed by atoms with Crippen molar-refractivity contribution in [2.45, 2.75) is 26.3 Å². The van der Waals surface area contributed by atoms with Crippen molar-refractivity contribution >= 4 is 17.4 Å². The van der Waals surface area contributed by atoms with Gasteiger partial charge in [0.25, 0.3) is 11.7 Å². The lowest BCUT2D eigenvalue weighted by Crippen LogP contribution is -2.35. The number of likely N-dealkylation sites (tertiary alicyclic amines) is 1. The number of likely N-dealkylation sites (N-methyl/N-ethyl adjacent to an activating group) is 1. The van der Waals surface area contributed by atoms with Gasteiger partial charge in [-0.15, -0.1) is 0 Å². The number of hydrogen-bond donors (Lipinski definition) is 1. The molecule has 0 aromatic heterocycles. The van der Waals surface area contributed by atoms with Gasteiger partial charge in [-0.1, -0.05) is 25.6 Å². The summed E-state index contributed by atoms with van der Waals surface area (Å²) in [5, 5.41) is 11.4. The summed E-state index contributed by atoms with van der Waals surface area (Å²) in [6, 6.07) is 9.74. The Balaban J connectivity index is 2.14. The molecule has 0 spiro atoms. The summed E-state index contributed by atoms with van der Waals surface area (Å²) < 4.78 is 16.9. The highest BCUT2D eigenvalue weighted by Gasteiger charge is 2.46. The lowest BCUT2D eigenvalue weighted by Gasteiger charge is -2.27. The van der Waals surface area contributed by atoms with E-state index in [1.54, 1.807) is 36.4 Å². The van der Waals surface area contributed by atoms with Crippen molar-refractivity contribution in [3.8, 4) is 17.2 Å². The number of carbonyl (C=O) groups excluding carboxylic acids is 2. The first-order chi connectivity index (χ1) is 17.7. The Morgan fingerprint density at radius 3 is 2.51 bits per heavy atom. The summed E-state index contributed by atoms with van der Waals surface area (Å²) in [6.45, 7) is 9.25. The monoisotopic (exact) mass is 508 g/mol. The van der Waals surface area contributed by atoms with Crippen LogP contribution in [0.1, 0.15) is 36.1 Å². The van der Waals surface area contributed by atoms with Gasteiger partial charge in [-0.2, -0.15) is 0 Å². The zero-order valence-electron chi connectivity index (χ0n) is 22.2. The first-order valence-corrected chi connectivity index (χ1v) is 12.3. The van der Waals surface area contributed by atoms with Crippen LogP contribution in [0.4, 0.5) is 0 Å². The standard InChI is InChI=1S/C29H36N2O6/c1-7-15-36-21-10-11-22(19(3)17-21)27(32)25-26(31(14-13-30(4)5)29(34)28(25)33)20-9-12-23(37-16-8-2)24(18-20)35-6/h8-12,17-18,26,32H,2,7,13-16H2,1,3-6H3/b27-25+. The molecule has 0 saturated carbocycles. The predicted molar refractivity (Wildman–Crippen MR) is 143 cm³/mol. The smallest absolute Gasteiger partial charge is 0.295 e. The molecule has 1 heterocycles. The van der Waals surface area contributed by atoms with E-state index < -0.39 is 17.7 Å². The third-order valence-electron chi connectivity index (χ3n) is 6.11. The number of benzene rings is 2. The van der Waals surface area contributed by atoms with Crippen LogP contribution in [0.2, 0.25) is 0 Å². The second kappa shape index (κ2) is 12.5. The highest BCUT2D eigenvalue weighted by molar-refractivity contribution is 6.46. The molecule has 1 fully saturated rings. The number of Topliss-reactive ketones (excluding diaryl/α,β-unsaturated/α-hetero) is 1. The van der Waals surface area contributed by atoms with E-state index in [4.69, 9.17) is 14.2 Å². The van der Waals surface area contributed by atoms with Crippen molar-refractivity contribution in [3.05, 3.63) is 71.3 Å². The van der Waals surface area contributed by atoms with Crippen LogP contribution >= 0.6 is 0 Å². The van der Waals surface area contributed by atoms with E-state index in [0.29, 0.717) is 54.7 Å². The van der Waals surface area contributed by atoms with Crippen LogP contribution in [0.25, 0.3) is 5.76 Å². The lowest BCUT2D eigenvalue weighted by atomic mass is 9.93. The molecule has 2 aromatic carbocycles. The number of ketones is 1. The molecule has 2 aromatic rings. The Morgan fingerprint density at radius 2 is 1.89 bits per heavy atom. The number of aliphatic hydroxyl groups excluding tert-OH is 1. The summed E-state index contributed by atoms with van der Waals surface area (Å²) in [6.07, 6.45) is 2.50. The number of methoxy groups -OCH3 is 1. The third-order valence-corrected chi connectivity index (χ3v) is 6.11. The summed E-state index contributed by atoms with van der Waals surface area (Å²) in [7, 11) is 5.31.